The van der Waals surface area contributed by atoms with Crippen LogP contribution in [-0.2, 0) is 6.54 Å². The molecule has 0 aliphatic carbocycles. The van der Waals surface area contributed by atoms with Crippen molar-refractivity contribution >= 4 is 21.8 Å². The summed E-state index contributed by atoms with van der Waals surface area (Å²) in [5, 5.41) is 4.62. The van der Waals surface area contributed by atoms with Gasteiger partial charge in [0.25, 0.3) is 5.91 Å². The Labute approximate surface area is 245 Å². The first-order valence-corrected chi connectivity index (χ1v) is 13.9. The zero-order valence-corrected chi connectivity index (χ0v) is 24.7. The number of carbonyl (C=O) groups is 1. The van der Waals surface area contributed by atoms with Crippen molar-refractivity contribution in [1.82, 2.24) is 24.6 Å². The van der Waals surface area contributed by atoms with Gasteiger partial charge in [-0.3, -0.25) is 9.78 Å². The Bertz CT molecular complexity index is 1490. The van der Waals surface area contributed by atoms with Crippen LogP contribution < -0.4 is 5.73 Å². The number of nitrogens with two attached hydrogens (primary N) is 1. The van der Waals surface area contributed by atoms with Crippen LogP contribution in [0.5, 0.6) is 0 Å². The highest BCUT2D eigenvalue weighted by Gasteiger charge is 2.39. The van der Waals surface area contributed by atoms with Gasteiger partial charge in [-0.05, 0) is 59.9 Å². The first-order chi connectivity index (χ1) is 19.5. The minimum Gasteiger partial charge on any atom is -0.328 e. The molecule has 0 aliphatic rings. The molecule has 0 bridgehead atoms. The van der Waals surface area contributed by atoms with Crippen LogP contribution in [0.1, 0.15) is 55.0 Å². The minimum atomic E-state index is -0.767. The lowest BCUT2D eigenvalue weighted by molar-refractivity contribution is 0.0469. The molecule has 0 aliphatic heterocycles. The number of pyridine rings is 1. The van der Waals surface area contributed by atoms with Crippen molar-refractivity contribution < 1.29 is 18.0 Å². The van der Waals surface area contributed by atoms with Gasteiger partial charge in [0.1, 0.15) is 18.3 Å². The fourth-order valence-corrected chi connectivity index (χ4v) is 5.09. The molecule has 11 heteroatoms. The molecule has 0 radical (unpaired) electrons. The van der Waals surface area contributed by atoms with Gasteiger partial charge in [-0.25, -0.2) is 22.8 Å². The predicted molar refractivity (Wildman–Crippen MR) is 155 cm³/mol. The monoisotopic (exact) mass is 628 g/mol. The zero-order chi connectivity index (χ0) is 29.7. The van der Waals surface area contributed by atoms with Gasteiger partial charge in [0.05, 0.1) is 23.7 Å². The van der Waals surface area contributed by atoms with Gasteiger partial charge >= 0.3 is 0 Å². The van der Waals surface area contributed by atoms with Crippen LogP contribution in [0.4, 0.5) is 13.2 Å². The zero-order valence-electron chi connectivity index (χ0n) is 23.1. The highest BCUT2D eigenvalue weighted by atomic mass is 79.9. The van der Waals surface area contributed by atoms with Crippen LogP contribution in [0.3, 0.4) is 0 Å². The van der Waals surface area contributed by atoms with Crippen molar-refractivity contribution in [3.05, 3.63) is 100 Å². The average Bonchev–Trinajstić information content (AvgIpc) is 3.33. The van der Waals surface area contributed by atoms with Crippen LogP contribution >= 0.6 is 15.9 Å². The van der Waals surface area contributed by atoms with Gasteiger partial charge in [0.15, 0.2) is 11.6 Å². The summed E-state index contributed by atoms with van der Waals surface area (Å²) in [7, 11) is 0. The molecular formula is C30H32BrF3N6O. The smallest absolute Gasteiger partial charge is 0.256 e. The fourth-order valence-electron chi connectivity index (χ4n) is 4.64. The lowest BCUT2D eigenvalue weighted by Crippen LogP contribution is -2.44. The lowest BCUT2D eigenvalue weighted by atomic mass is 9.84. The maximum absolute atomic E-state index is 14.9. The third-order valence-electron chi connectivity index (χ3n) is 6.58. The first-order valence-electron chi connectivity index (χ1n) is 13.1. The van der Waals surface area contributed by atoms with Gasteiger partial charge in [-0.1, -0.05) is 48.8 Å². The summed E-state index contributed by atoms with van der Waals surface area (Å²) in [5.41, 5.74) is 6.40. The van der Waals surface area contributed by atoms with Crippen LogP contribution in [0, 0.1) is 17.0 Å². The molecule has 4 rings (SSSR count). The number of halogens is 4. The molecule has 0 saturated heterocycles. The number of aromatic nitrogens is 4. The third kappa shape index (κ3) is 7.39. The summed E-state index contributed by atoms with van der Waals surface area (Å²) in [4.78, 5) is 24.4. The van der Waals surface area contributed by atoms with Crippen LogP contribution in [0.15, 0.2) is 71.5 Å². The van der Waals surface area contributed by atoms with Crippen LogP contribution in [0.2, 0.25) is 0 Å². The third-order valence-corrected chi connectivity index (χ3v) is 7.07. The van der Waals surface area contributed by atoms with Crippen LogP contribution in [-0.4, -0.2) is 49.8 Å². The van der Waals surface area contributed by atoms with E-state index in [1.165, 1.54) is 6.20 Å². The Hall–Kier alpha value is -3.57. The van der Waals surface area contributed by atoms with Gasteiger partial charge in [0, 0.05) is 29.5 Å². The maximum Gasteiger partial charge on any atom is 0.256 e. The van der Waals surface area contributed by atoms with E-state index in [0.29, 0.717) is 11.4 Å². The molecule has 1 amide bonds. The number of amides is 1. The Morgan fingerprint density at radius 3 is 2.56 bits per heavy atom. The quantitative estimate of drug-likeness (QED) is 0.221. The van der Waals surface area contributed by atoms with E-state index in [2.05, 4.69) is 26.0 Å². The first kappa shape index (κ1) is 30.4. The van der Waals surface area contributed by atoms with Crippen molar-refractivity contribution in [2.75, 3.05) is 13.2 Å². The summed E-state index contributed by atoms with van der Waals surface area (Å²) in [6.07, 6.45) is 3.22. The standard InChI is InChI=1S/C30H32BrF3N6O/c1-30(2,3)26(39(13-11-23(35)16-32)29(41)20-7-5-12-36-17-20)28-37-27(24-15-22(33)9-10-25(24)34)38-40(28)18-19-6-4-8-21(31)14-19/h4-10,12,14-15,17,23,26H,11,13,16,18,35H2,1-3H3/t23-,26-/m0/s1. The molecular weight excluding hydrogens is 597 g/mol. The van der Waals surface area contributed by atoms with Crippen molar-refractivity contribution in [3.8, 4) is 11.4 Å². The van der Waals surface area contributed by atoms with E-state index in [1.54, 1.807) is 27.9 Å². The predicted octanol–water partition coefficient (Wildman–Crippen LogP) is 6.35. The van der Waals surface area contributed by atoms with Crippen molar-refractivity contribution in [1.29, 1.82) is 0 Å². The van der Waals surface area contributed by atoms with Gasteiger partial charge in [0.2, 0.25) is 0 Å². The molecule has 7 nitrogen and oxygen atoms in total. The summed E-state index contributed by atoms with van der Waals surface area (Å²) >= 11 is 3.49. The second-order valence-corrected chi connectivity index (χ2v) is 11.8. The number of rotatable bonds is 10. The minimum absolute atomic E-state index is 0.0181. The van der Waals surface area contributed by atoms with E-state index in [1.807, 2.05) is 45.0 Å². The Morgan fingerprint density at radius 2 is 1.90 bits per heavy atom. The number of hydrogen-bond acceptors (Lipinski definition) is 5. The molecule has 216 valence electrons. The maximum atomic E-state index is 14.9. The van der Waals surface area contributed by atoms with E-state index < -0.39 is 35.8 Å². The number of alkyl halides is 1. The van der Waals surface area contributed by atoms with Crippen LogP contribution in [0.25, 0.3) is 11.4 Å². The highest BCUT2D eigenvalue weighted by Crippen LogP contribution is 2.39. The van der Waals surface area contributed by atoms with Gasteiger partial charge in [-0.2, -0.15) is 5.10 Å². The fraction of sp³-hybridized carbons (Fsp3) is 0.333. The number of carbonyl (C=O) groups excluding carboxylic acids is 1. The van der Waals surface area contributed by atoms with E-state index in [0.717, 1.165) is 28.2 Å². The van der Waals surface area contributed by atoms with E-state index in [4.69, 9.17) is 10.7 Å². The Morgan fingerprint density at radius 1 is 1.12 bits per heavy atom. The Kier molecular flexibility index (Phi) is 9.60. The largest absolute Gasteiger partial charge is 0.328 e. The van der Waals surface area contributed by atoms with Crippen molar-refractivity contribution in [2.45, 2.75) is 45.8 Å². The second kappa shape index (κ2) is 12.9. The normalized spacial score (nSPS) is 13.2. The molecule has 2 heterocycles. The molecule has 0 spiro atoms. The topological polar surface area (TPSA) is 89.9 Å². The molecule has 0 saturated carbocycles. The average molecular weight is 630 g/mol. The number of benzene rings is 2. The van der Waals surface area contributed by atoms with Crippen molar-refractivity contribution in [3.63, 3.8) is 0 Å². The van der Waals surface area contributed by atoms with Crippen molar-refractivity contribution in [2.24, 2.45) is 11.1 Å². The Balaban J connectivity index is 1.91. The molecule has 2 N–H and O–H groups in total. The molecule has 2 aromatic carbocycles. The summed E-state index contributed by atoms with van der Waals surface area (Å²) < 4.78 is 44.9. The van der Waals surface area contributed by atoms with E-state index in [9.17, 15) is 18.0 Å². The highest BCUT2D eigenvalue weighted by molar-refractivity contribution is 9.10. The molecule has 2 aromatic heterocycles. The summed E-state index contributed by atoms with van der Waals surface area (Å²) in [6, 6.07) is 12.5. The number of hydrogen-bond donors (Lipinski definition) is 1. The molecule has 41 heavy (non-hydrogen) atoms. The van der Waals surface area contributed by atoms with E-state index in [-0.39, 0.29) is 36.8 Å². The van der Waals surface area contributed by atoms with Gasteiger partial charge < -0.3 is 10.6 Å². The molecule has 0 unspecified atom stereocenters. The van der Waals surface area contributed by atoms with E-state index >= 15 is 0 Å². The molecule has 2 atom stereocenters. The SMILES string of the molecule is CC(C)(C)[C@H](c1nc(-c2cc(F)ccc2F)nn1Cc1cccc(Br)c1)N(CC[C@H](N)CF)C(=O)c1cccnc1. The number of nitrogens with zero attached hydrogens (tertiary/aromatic N) is 5. The second-order valence-electron chi connectivity index (χ2n) is 10.9. The molecule has 0 fully saturated rings. The van der Waals surface area contributed by atoms with Gasteiger partial charge in [-0.15, -0.1) is 0 Å². The summed E-state index contributed by atoms with van der Waals surface area (Å²) in [5.74, 6) is -1.31. The lowest BCUT2D eigenvalue weighted by Gasteiger charge is -2.40. The molecule has 4 aromatic rings. The summed E-state index contributed by atoms with van der Waals surface area (Å²) in [6.45, 7) is 5.44.